The number of methoxy groups -OCH3 is 1. The minimum atomic E-state index is -0.882. The highest BCUT2D eigenvalue weighted by molar-refractivity contribution is 6.02. The zero-order valence-electron chi connectivity index (χ0n) is 16.8. The van der Waals surface area contributed by atoms with E-state index in [2.05, 4.69) is 10.6 Å². The van der Waals surface area contributed by atoms with E-state index in [1.54, 1.807) is 24.3 Å². The molecule has 2 N–H and O–H groups in total. The molecule has 1 unspecified atom stereocenters. The molecule has 0 bridgehead atoms. The van der Waals surface area contributed by atoms with Gasteiger partial charge in [0.2, 0.25) is 11.8 Å². The number of nitrogens with one attached hydrogen (secondary N) is 2. The van der Waals surface area contributed by atoms with E-state index in [-0.39, 0.29) is 24.1 Å². The summed E-state index contributed by atoms with van der Waals surface area (Å²) in [6.45, 7) is 4.56. The molecule has 1 fully saturated rings. The molecule has 1 atom stereocenters. The van der Waals surface area contributed by atoms with E-state index >= 15 is 0 Å². The predicted octanol–water partition coefficient (Wildman–Crippen LogP) is 2.28. The third-order valence-corrected chi connectivity index (χ3v) is 4.81. The standard InChI is InChI=1S/C22H25N3O4/c1-14-10-15(2)12-16(11-14)24-20(26)13-18-21(27)23-8-9-25(18)22(28)17-6-4-5-7-19(17)29-3/h4-7,10-12,18H,8-9,13H2,1-3H3,(H,23,27)(H,24,26). The van der Waals surface area contributed by atoms with Crippen molar-refractivity contribution in [3.63, 3.8) is 0 Å². The Morgan fingerprint density at radius 2 is 1.86 bits per heavy atom. The molecule has 0 aliphatic carbocycles. The van der Waals surface area contributed by atoms with Crippen molar-refractivity contribution in [2.45, 2.75) is 26.3 Å². The molecule has 1 saturated heterocycles. The van der Waals surface area contributed by atoms with Gasteiger partial charge in [-0.25, -0.2) is 0 Å². The van der Waals surface area contributed by atoms with Crippen LogP contribution in [0, 0.1) is 13.8 Å². The van der Waals surface area contributed by atoms with Crippen molar-refractivity contribution in [2.75, 3.05) is 25.5 Å². The van der Waals surface area contributed by atoms with Crippen LogP contribution in [0.4, 0.5) is 5.69 Å². The highest BCUT2D eigenvalue weighted by Crippen LogP contribution is 2.22. The number of ether oxygens (including phenoxy) is 1. The number of benzene rings is 2. The summed E-state index contributed by atoms with van der Waals surface area (Å²) in [6, 6.07) is 11.7. The number of para-hydroxylation sites is 1. The number of carbonyl (C=O) groups is 3. The Morgan fingerprint density at radius 3 is 2.55 bits per heavy atom. The smallest absolute Gasteiger partial charge is 0.258 e. The second kappa shape index (κ2) is 8.77. The molecule has 1 aliphatic rings. The molecular weight excluding hydrogens is 370 g/mol. The summed E-state index contributed by atoms with van der Waals surface area (Å²) in [7, 11) is 1.49. The van der Waals surface area contributed by atoms with Gasteiger partial charge in [-0.15, -0.1) is 0 Å². The largest absolute Gasteiger partial charge is 0.496 e. The molecule has 29 heavy (non-hydrogen) atoms. The second-order valence-corrected chi connectivity index (χ2v) is 7.13. The lowest BCUT2D eigenvalue weighted by Gasteiger charge is -2.35. The van der Waals surface area contributed by atoms with Gasteiger partial charge in [-0.05, 0) is 49.2 Å². The van der Waals surface area contributed by atoms with Gasteiger partial charge in [0.05, 0.1) is 19.1 Å². The van der Waals surface area contributed by atoms with Crippen LogP contribution in [0.3, 0.4) is 0 Å². The van der Waals surface area contributed by atoms with Gasteiger partial charge in [-0.1, -0.05) is 18.2 Å². The van der Waals surface area contributed by atoms with Gasteiger partial charge in [0.25, 0.3) is 5.91 Å². The normalized spacial score (nSPS) is 16.2. The van der Waals surface area contributed by atoms with Crippen molar-refractivity contribution in [3.05, 3.63) is 59.2 Å². The van der Waals surface area contributed by atoms with Crippen molar-refractivity contribution in [3.8, 4) is 5.75 Å². The number of aryl methyl sites for hydroxylation is 2. The Labute approximate surface area is 170 Å². The van der Waals surface area contributed by atoms with Gasteiger partial charge < -0.3 is 20.3 Å². The van der Waals surface area contributed by atoms with Gasteiger partial charge in [0.1, 0.15) is 11.8 Å². The molecule has 2 aromatic rings. The van der Waals surface area contributed by atoms with Crippen LogP contribution in [0.15, 0.2) is 42.5 Å². The highest BCUT2D eigenvalue weighted by Gasteiger charge is 2.36. The number of amides is 3. The maximum absolute atomic E-state index is 13.1. The molecule has 0 saturated carbocycles. The molecular formula is C22H25N3O4. The molecule has 1 heterocycles. The first-order chi connectivity index (χ1) is 13.9. The average molecular weight is 395 g/mol. The molecule has 0 aromatic heterocycles. The third-order valence-electron chi connectivity index (χ3n) is 4.81. The van der Waals surface area contributed by atoms with Crippen LogP contribution in [-0.4, -0.2) is 48.9 Å². The lowest BCUT2D eigenvalue weighted by Crippen LogP contribution is -2.58. The molecule has 3 amide bonds. The average Bonchev–Trinajstić information content (AvgIpc) is 2.68. The van der Waals surface area contributed by atoms with E-state index in [4.69, 9.17) is 4.74 Å². The molecule has 0 radical (unpaired) electrons. The van der Waals surface area contributed by atoms with Gasteiger partial charge >= 0.3 is 0 Å². The Morgan fingerprint density at radius 1 is 1.17 bits per heavy atom. The van der Waals surface area contributed by atoms with E-state index in [0.29, 0.717) is 30.1 Å². The van der Waals surface area contributed by atoms with Gasteiger partial charge in [0.15, 0.2) is 0 Å². The zero-order chi connectivity index (χ0) is 21.0. The van der Waals surface area contributed by atoms with Gasteiger partial charge in [0, 0.05) is 18.8 Å². The first-order valence-corrected chi connectivity index (χ1v) is 9.49. The minimum Gasteiger partial charge on any atom is -0.496 e. The number of rotatable bonds is 5. The summed E-state index contributed by atoms with van der Waals surface area (Å²) < 4.78 is 5.27. The van der Waals surface area contributed by atoms with Gasteiger partial charge in [-0.2, -0.15) is 0 Å². The molecule has 0 spiro atoms. The number of hydrogen-bond acceptors (Lipinski definition) is 4. The van der Waals surface area contributed by atoms with Crippen molar-refractivity contribution in [2.24, 2.45) is 0 Å². The van der Waals surface area contributed by atoms with Gasteiger partial charge in [-0.3, -0.25) is 14.4 Å². The summed E-state index contributed by atoms with van der Waals surface area (Å²) in [5.74, 6) is -0.562. The van der Waals surface area contributed by atoms with Crippen LogP contribution in [0.5, 0.6) is 5.75 Å². The van der Waals surface area contributed by atoms with Crippen LogP contribution in [0.1, 0.15) is 27.9 Å². The Kier molecular flexibility index (Phi) is 6.16. The molecule has 152 valence electrons. The van der Waals surface area contributed by atoms with Crippen molar-refractivity contribution in [1.82, 2.24) is 10.2 Å². The monoisotopic (exact) mass is 395 g/mol. The Bertz CT molecular complexity index is 921. The number of carbonyl (C=O) groups excluding carboxylic acids is 3. The summed E-state index contributed by atoms with van der Waals surface area (Å²) >= 11 is 0. The number of anilines is 1. The summed E-state index contributed by atoms with van der Waals surface area (Å²) in [5.41, 5.74) is 3.10. The van der Waals surface area contributed by atoms with Crippen LogP contribution in [-0.2, 0) is 9.59 Å². The molecule has 7 heteroatoms. The number of nitrogens with zero attached hydrogens (tertiary/aromatic N) is 1. The summed E-state index contributed by atoms with van der Waals surface area (Å²) in [4.78, 5) is 39.6. The predicted molar refractivity (Wildman–Crippen MR) is 110 cm³/mol. The molecule has 7 nitrogen and oxygen atoms in total. The third kappa shape index (κ3) is 4.74. The quantitative estimate of drug-likeness (QED) is 0.813. The van der Waals surface area contributed by atoms with Crippen LogP contribution in [0.2, 0.25) is 0 Å². The highest BCUT2D eigenvalue weighted by atomic mass is 16.5. The zero-order valence-corrected chi connectivity index (χ0v) is 16.8. The topological polar surface area (TPSA) is 87.7 Å². The maximum Gasteiger partial charge on any atom is 0.258 e. The second-order valence-electron chi connectivity index (χ2n) is 7.13. The van der Waals surface area contributed by atoms with Crippen LogP contribution >= 0.6 is 0 Å². The van der Waals surface area contributed by atoms with Crippen LogP contribution < -0.4 is 15.4 Å². The Balaban J connectivity index is 1.78. The molecule has 1 aliphatic heterocycles. The lowest BCUT2D eigenvalue weighted by atomic mass is 10.0. The van der Waals surface area contributed by atoms with E-state index in [9.17, 15) is 14.4 Å². The fourth-order valence-corrected chi connectivity index (χ4v) is 3.57. The molecule has 3 rings (SSSR count). The lowest BCUT2D eigenvalue weighted by molar-refractivity contribution is -0.131. The minimum absolute atomic E-state index is 0.125. The first kappa shape index (κ1) is 20.4. The van der Waals surface area contributed by atoms with Crippen molar-refractivity contribution >= 4 is 23.4 Å². The van der Waals surface area contributed by atoms with Crippen molar-refractivity contribution < 1.29 is 19.1 Å². The van der Waals surface area contributed by atoms with E-state index < -0.39 is 6.04 Å². The number of piperazine rings is 1. The first-order valence-electron chi connectivity index (χ1n) is 9.49. The fraction of sp³-hybridized carbons (Fsp3) is 0.318. The summed E-state index contributed by atoms with van der Waals surface area (Å²) in [5, 5.41) is 5.57. The Hall–Kier alpha value is -3.35. The number of hydrogen-bond donors (Lipinski definition) is 2. The van der Waals surface area contributed by atoms with E-state index in [1.165, 1.54) is 12.0 Å². The van der Waals surface area contributed by atoms with E-state index in [1.807, 2.05) is 32.0 Å². The van der Waals surface area contributed by atoms with E-state index in [0.717, 1.165) is 11.1 Å². The maximum atomic E-state index is 13.1. The van der Waals surface area contributed by atoms with Crippen LogP contribution in [0.25, 0.3) is 0 Å². The fourth-order valence-electron chi connectivity index (χ4n) is 3.57. The summed E-state index contributed by atoms with van der Waals surface area (Å²) in [6.07, 6.45) is -0.125. The SMILES string of the molecule is COc1ccccc1C(=O)N1CCNC(=O)C1CC(=O)Nc1cc(C)cc(C)c1. The van der Waals surface area contributed by atoms with Crippen molar-refractivity contribution in [1.29, 1.82) is 0 Å². The molecule has 2 aromatic carbocycles.